The minimum atomic E-state index is -2.70. The van der Waals surface area contributed by atoms with Gasteiger partial charge >= 0.3 is 47.8 Å². The van der Waals surface area contributed by atoms with E-state index >= 15 is 0 Å². The molecule has 0 spiro atoms. The molecule has 0 fully saturated rings. The van der Waals surface area contributed by atoms with Gasteiger partial charge in [0.05, 0.1) is 41.0 Å². The average Bonchev–Trinajstić information content (AvgIpc) is 2.16. The highest BCUT2D eigenvalue weighted by atomic mass is 19.2. The number of carbonyl (C=O) groups excluding carboxylic acids is 4. The van der Waals surface area contributed by atoms with Gasteiger partial charge in [0.15, 0.2) is 75.6 Å². The van der Waals surface area contributed by atoms with Crippen LogP contribution in [0.3, 0.4) is 0 Å². The number of cyclic esters (lactones) is 4. The second-order valence-electron chi connectivity index (χ2n) is 15.4. The van der Waals surface area contributed by atoms with Crippen molar-refractivity contribution in [3.8, 4) is 45.5 Å². The predicted octanol–water partition coefficient (Wildman–Crippen LogP) is 10.8. The monoisotopic (exact) mass is 1200 g/mol. The Bertz CT molecular complexity index is 4130. The predicted molar refractivity (Wildman–Crippen MR) is 224 cm³/mol. The van der Waals surface area contributed by atoms with E-state index in [-0.39, 0.29) is 0 Å². The highest BCUT2D eigenvalue weighted by Gasteiger charge is 2.46. The van der Waals surface area contributed by atoms with Crippen molar-refractivity contribution < 1.29 is 147 Å². The summed E-state index contributed by atoms with van der Waals surface area (Å²) in [7, 11) is 0. The molecule has 8 rings (SSSR count). The number of nitrogens with zero attached hydrogens (tertiary/aromatic N) is 4. The minimum absolute atomic E-state index is 1.03. The number of ether oxygens (including phenoxy) is 2. The fourth-order valence-electron chi connectivity index (χ4n) is 7.61. The van der Waals surface area contributed by atoms with Crippen LogP contribution in [0.5, 0.6) is 0 Å². The number of carboxylic acid groups (broad SMARTS) is 4. The van der Waals surface area contributed by atoms with Gasteiger partial charge in [-0.05, 0) is 0 Å². The van der Waals surface area contributed by atoms with E-state index in [4.69, 9.17) is 44.1 Å². The molecule has 18 nitrogen and oxygen atoms in total. The first-order valence-corrected chi connectivity index (χ1v) is 20.3. The Labute approximate surface area is 445 Å². The van der Waals surface area contributed by atoms with Crippen LogP contribution >= 0.6 is 0 Å². The molecule has 2 aliphatic rings. The third kappa shape index (κ3) is 9.09. The number of benzene rings is 6. The summed E-state index contributed by atoms with van der Waals surface area (Å²) >= 11 is 0. The summed E-state index contributed by atoms with van der Waals surface area (Å²) in [5.41, 5.74) is -31.8. The third-order valence-electron chi connectivity index (χ3n) is 11.1. The molecule has 0 saturated heterocycles. The molecule has 4 N–H and O–H groups in total. The molecule has 2 heterocycles. The Morgan fingerprint density at radius 1 is 0.310 bits per heavy atom. The summed E-state index contributed by atoms with van der Waals surface area (Å²) in [6.45, 7) is 13.4. The van der Waals surface area contributed by atoms with Crippen molar-refractivity contribution in [3.05, 3.63) is 183 Å². The largest absolute Gasteiger partial charge is 0.478 e. The lowest BCUT2D eigenvalue weighted by atomic mass is 9.92. The number of esters is 4. The molecule has 84 heavy (non-hydrogen) atoms. The van der Waals surface area contributed by atoms with E-state index in [2.05, 4.69) is 19.2 Å². The molecule has 36 heteroatoms. The Morgan fingerprint density at radius 2 is 0.524 bits per heavy atom. The van der Waals surface area contributed by atoms with Gasteiger partial charge in [-0.1, -0.05) is 0 Å². The zero-order valence-corrected chi connectivity index (χ0v) is 38.5. The highest BCUT2D eigenvalue weighted by molar-refractivity contribution is 6.17. The van der Waals surface area contributed by atoms with Crippen LogP contribution in [-0.2, 0) is 9.47 Å². The number of fused-ring (bicyclic) bond motifs is 2. The number of halogens is 18. The Balaban J connectivity index is 0.000000203. The summed E-state index contributed by atoms with van der Waals surface area (Å²) in [6, 6.07) is 2.08. The van der Waals surface area contributed by atoms with Crippen LogP contribution in [0.2, 0.25) is 0 Å². The van der Waals surface area contributed by atoms with E-state index < -0.39 is 253 Å². The van der Waals surface area contributed by atoms with Gasteiger partial charge in [-0.15, -0.1) is 0 Å². The second-order valence-corrected chi connectivity index (χ2v) is 15.4. The summed E-state index contributed by atoms with van der Waals surface area (Å²) < 4.78 is 265. The van der Waals surface area contributed by atoms with Gasteiger partial charge in [-0.2, -0.15) is 10.5 Å². The standard InChI is InChI=1S/C16F6N4.C16H4F6O8.C16F6O6/c1-25-15-13(21)8(12(20)14(22)16(15)26-2)7-9(17)5(3-23)6(4-24)10(18)11(7)19;17-7-1(9(19)11(21)5(15(27)28)3(7)13(23)24)2-8(18)4(14(25)26)6(16(29)30)12(22)10(2)20;17-7-1(9(19)11(21)5-3(7)13(23)27-15(5)25)2-8(18)4-6(12(22)10(2)20)16(26)28-14(4)24/h;(H,23,24)(H,25,26)(H,27,28)(H,29,30);. The lowest BCUT2D eigenvalue weighted by Crippen LogP contribution is -2.20. The number of nitriles is 2. The molecule has 2 aliphatic heterocycles. The molecular formula is C48H4F18N4O14. The molecule has 0 bridgehead atoms. The van der Waals surface area contributed by atoms with Gasteiger partial charge in [0, 0.05) is 5.56 Å². The Kier molecular flexibility index (Phi) is 16.1. The number of hydrogen-bond donors (Lipinski definition) is 4. The summed E-state index contributed by atoms with van der Waals surface area (Å²) in [4.78, 5) is 94.8. The van der Waals surface area contributed by atoms with Crippen LogP contribution in [0.25, 0.3) is 43.1 Å². The molecular weight excluding hydrogens is 1200 g/mol. The molecule has 0 atom stereocenters. The van der Waals surface area contributed by atoms with E-state index in [0.29, 0.717) is 0 Å². The fourth-order valence-corrected chi connectivity index (χ4v) is 7.61. The van der Waals surface area contributed by atoms with Crippen LogP contribution in [0.1, 0.15) is 94.0 Å². The van der Waals surface area contributed by atoms with Crippen molar-refractivity contribution in [2.75, 3.05) is 0 Å². The molecule has 6 aromatic rings. The third-order valence-corrected chi connectivity index (χ3v) is 11.1. The zero-order chi connectivity index (χ0) is 63.6. The average molecular weight is 1200 g/mol. The van der Waals surface area contributed by atoms with E-state index in [1.807, 2.05) is 0 Å². The minimum Gasteiger partial charge on any atom is -0.478 e. The zero-order valence-electron chi connectivity index (χ0n) is 38.5. The van der Waals surface area contributed by atoms with Crippen molar-refractivity contribution in [1.82, 2.24) is 0 Å². The van der Waals surface area contributed by atoms with Crippen molar-refractivity contribution in [1.29, 1.82) is 10.5 Å². The van der Waals surface area contributed by atoms with E-state index in [1.165, 1.54) is 0 Å². The van der Waals surface area contributed by atoms with Crippen molar-refractivity contribution in [2.24, 2.45) is 0 Å². The number of hydrogen-bond acceptors (Lipinski definition) is 12. The summed E-state index contributed by atoms with van der Waals surface area (Å²) in [6.07, 6.45) is 0. The van der Waals surface area contributed by atoms with Gasteiger partial charge in [0.2, 0.25) is 11.4 Å². The molecule has 0 aliphatic carbocycles. The molecule has 0 saturated carbocycles. The lowest BCUT2D eigenvalue weighted by molar-refractivity contribution is 0.0422. The van der Waals surface area contributed by atoms with Crippen LogP contribution in [0.15, 0.2) is 0 Å². The van der Waals surface area contributed by atoms with Crippen LogP contribution in [0.4, 0.5) is 90.4 Å². The lowest BCUT2D eigenvalue weighted by Gasteiger charge is -2.16. The second kappa shape index (κ2) is 22.0. The number of carboxylic acids is 4. The normalized spacial score (nSPS) is 11.8. The number of aromatic carboxylic acids is 4. The number of rotatable bonds is 7. The maximum absolute atomic E-state index is 14.6. The van der Waals surface area contributed by atoms with Crippen molar-refractivity contribution in [3.63, 3.8) is 0 Å². The topological polar surface area (TPSA) is 292 Å². The maximum atomic E-state index is 14.6. The first-order valence-electron chi connectivity index (χ1n) is 20.3. The Hall–Kier alpha value is -11.8. The van der Waals surface area contributed by atoms with Gasteiger partial charge in [-0.25, -0.2) is 127 Å². The van der Waals surface area contributed by atoms with E-state index in [9.17, 15) is 117 Å². The molecule has 0 radical (unpaired) electrons. The first kappa shape index (κ1) is 61.4. The maximum Gasteiger partial charge on any atom is 0.350 e. The summed E-state index contributed by atoms with van der Waals surface area (Å²) in [5.74, 6) is -59.1. The first-order chi connectivity index (χ1) is 39.1. The number of carbonyl (C=O) groups is 8. The van der Waals surface area contributed by atoms with Crippen LogP contribution in [0, 0.1) is 141 Å². The highest BCUT2D eigenvalue weighted by Crippen LogP contribution is 2.46. The quantitative estimate of drug-likeness (QED) is 0.0380. The smallest absolute Gasteiger partial charge is 0.350 e. The molecule has 0 unspecified atom stereocenters. The molecule has 426 valence electrons. The van der Waals surface area contributed by atoms with Crippen molar-refractivity contribution >= 4 is 59.1 Å². The summed E-state index contributed by atoms with van der Waals surface area (Å²) in [5, 5.41) is 52.9. The molecule has 0 aromatic heterocycles. The molecule has 0 amide bonds. The van der Waals surface area contributed by atoms with Gasteiger partial charge in [0.25, 0.3) is 0 Å². The van der Waals surface area contributed by atoms with E-state index in [1.54, 1.807) is 0 Å². The SMILES string of the molecule is O=C(O)c1c(F)c(F)c(-c2c(F)c(F)c(C(=O)O)c(C(=O)O)c2F)c(F)c1C(=O)O.O=C1OC(=O)c2c(F)c(-c3c(F)c(F)c4c(c3F)C(=O)OC4=O)c(F)c(F)c21.[C-]#[N+]c1c(F)c(F)c(-c2c(F)c(F)c(C#N)c(C#N)c2F)c(F)c1[N+]#[C-]. The van der Waals surface area contributed by atoms with Crippen molar-refractivity contribution in [2.45, 2.75) is 0 Å². The van der Waals surface area contributed by atoms with Gasteiger partial charge < -0.3 is 29.9 Å². The van der Waals surface area contributed by atoms with Crippen LogP contribution in [-0.4, -0.2) is 68.2 Å². The van der Waals surface area contributed by atoms with Crippen LogP contribution < -0.4 is 0 Å². The van der Waals surface area contributed by atoms with E-state index in [0.717, 1.165) is 12.1 Å². The van der Waals surface area contributed by atoms with Gasteiger partial charge in [0.1, 0.15) is 96.9 Å². The molecule has 6 aromatic carbocycles. The fraction of sp³-hybridized carbons (Fsp3) is 0. The van der Waals surface area contributed by atoms with Gasteiger partial charge in [-0.3, -0.25) is 0 Å². The Morgan fingerprint density at radius 3 is 0.833 bits per heavy atom.